The van der Waals surface area contributed by atoms with Gasteiger partial charge in [0.2, 0.25) is 0 Å². The molecule has 0 amide bonds. The van der Waals surface area contributed by atoms with Crippen molar-refractivity contribution >= 4 is 11.3 Å². The van der Waals surface area contributed by atoms with E-state index in [4.69, 9.17) is 0 Å². The van der Waals surface area contributed by atoms with Crippen molar-refractivity contribution in [2.24, 2.45) is 0 Å². The summed E-state index contributed by atoms with van der Waals surface area (Å²) in [7, 11) is 0. The number of fused-ring (bicyclic) bond motifs is 1. The van der Waals surface area contributed by atoms with Gasteiger partial charge in [-0.25, -0.2) is 8.78 Å². The first kappa shape index (κ1) is 16.9. The van der Waals surface area contributed by atoms with Crippen LogP contribution in [0.25, 0.3) is 0 Å². The Morgan fingerprint density at radius 3 is 2.24 bits per heavy atom. The van der Waals surface area contributed by atoms with Crippen molar-refractivity contribution < 1.29 is 8.78 Å². The smallest absolute Gasteiger partial charge is 0.250 e. The molecule has 0 saturated heterocycles. The van der Waals surface area contributed by atoms with Crippen molar-refractivity contribution in [3.05, 3.63) is 21.4 Å². The molecule has 0 aromatic carbocycles. The zero-order valence-corrected chi connectivity index (χ0v) is 13.6. The number of rotatable bonds is 4. The van der Waals surface area contributed by atoms with Crippen LogP contribution in [0.15, 0.2) is 5.38 Å². The lowest BCUT2D eigenvalue weighted by molar-refractivity contribution is 0.145. The fraction of sp³-hybridized carbons (Fsp3) is 0.765. The fourth-order valence-corrected chi connectivity index (χ4v) is 4.23. The molecular formula is C17H27F2NS. The van der Waals surface area contributed by atoms with E-state index in [1.807, 2.05) is 11.3 Å². The van der Waals surface area contributed by atoms with E-state index in [1.165, 1.54) is 73.8 Å². The van der Waals surface area contributed by atoms with Gasteiger partial charge in [-0.3, -0.25) is 0 Å². The minimum Gasteiger partial charge on any atom is -0.307 e. The van der Waals surface area contributed by atoms with Gasteiger partial charge in [-0.1, -0.05) is 38.5 Å². The lowest BCUT2D eigenvalue weighted by Gasteiger charge is -2.11. The van der Waals surface area contributed by atoms with Gasteiger partial charge in [-0.15, -0.1) is 11.3 Å². The minimum atomic E-state index is -2.26. The molecule has 1 nitrogen and oxygen atoms in total. The topological polar surface area (TPSA) is 12.0 Å². The summed E-state index contributed by atoms with van der Waals surface area (Å²) in [6.07, 6.45) is 10.7. The van der Waals surface area contributed by atoms with E-state index < -0.39 is 6.43 Å². The van der Waals surface area contributed by atoms with Crippen LogP contribution in [-0.2, 0) is 19.4 Å². The average molecular weight is 315 g/mol. The molecule has 0 bridgehead atoms. The molecule has 0 unspecified atom stereocenters. The lowest BCUT2D eigenvalue weighted by Crippen LogP contribution is -2.21. The second-order valence-electron chi connectivity index (χ2n) is 6.01. The van der Waals surface area contributed by atoms with E-state index in [9.17, 15) is 8.78 Å². The summed E-state index contributed by atoms with van der Waals surface area (Å²) in [5.74, 6) is 0. The molecule has 0 saturated carbocycles. The van der Waals surface area contributed by atoms with E-state index in [2.05, 4.69) is 10.7 Å². The maximum atomic E-state index is 12.2. The normalized spacial score (nSPS) is 18.0. The van der Waals surface area contributed by atoms with Gasteiger partial charge in [0, 0.05) is 11.4 Å². The minimum absolute atomic E-state index is 0.204. The van der Waals surface area contributed by atoms with Crippen LogP contribution in [0.3, 0.4) is 0 Å². The molecule has 0 fully saturated rings. The van der Waals surface area contributed by atoms with Crippen LogP contribution in [0.1, 0.15) is 67.4 Å². The molecule has 1 aromatic rings. The largest absolute Gasteiger partial charge is 0.307 e. The number of hydrogen-bond donors (Lipinski definition) is 1. The Kier molecular flexibility index (Phi) is 7.65. The maximum Gasteiger partial charge on any atom is 0.250 e. The van der Waals surface area contributed by atoms with Crippen molar-refractivity contribution in [2.45, 2.75) is 77.2 Å². The molecule has 0 aliphatic heterocycles. The zero-order chi connectivity index (χ0) is 14.9. The van der Waals surface area contributed by atoms with Gasteiger partial charge < -0.3 is 5.32 Å². The summed E-state index contributed by atoms with van der Waals surface area (Å²) in [5, 5.41) is 5.06. The summed E-state index contributed by atoms with van der Waals surface area (Å²) in [5.41, 5.74) is 2.72. The molecule has 21 heavy (non-hydrogen) atoms. The van der Waals surface area contributed by atoms with Gasteiger partial charge >= 0.3 is 0 Å². The Labute approximate surface area is 131 Å². The third-order valence-electron chi connectivity index (χ3n) is 4.26. The highest BCUT2D eigenvalue weighted by Crippen LogP contribution is 2.27. The Morgan fingerprint density at radius 2 is 1.57 bits per heavy atom. The third kappa shape index (κ3) is 6.03. The highest BCUT2D eigenvalue weighted by atomic mass is 32.1. The Hall–Kier alpha value is -0.480. The number of alkyl halides is 2. The standard InChI is InChI=1S/C17H27F2NS/c18-17(19)12-20-11-14-13-21-16-10-8-6-4-2-1-3-5-7-9-15(14)16/h13,17,20H,1-12H2. The van der Waals surface area contributed by atoms with Crippen LogP contribution in [0, 0.1) is 0 Å². The number of halogens is 2. The quantitative estimate of drug-likeness (QED) is 0.792. The van der Waals surface area contributed by atoms with Gasteiger partial charge in [0.25, 0.3) is 6.43 Å². The Bertz CT molecular complexity index is 403. The van der Waals surface area contributed by atoms with Crippen molar-refractivity contribution in [3.8, 4) is 0 Å². The SMILES string of the molecule is FC(F)CNCc1csc2c1CCCCCCCCCC2. The first-order valence-electron chi connectivity index (χ1n) is 8.34. The van der Waals surface area contributed by atoms with Crippen molar-refractivity contribution in [2.75, 3.05) is 6.54 Å². The van der Waals surface area contributed by atoms with Crippen LogP contribution >= 0.6 is 11.3 Å². The molecule has 1 aromatic heterocycles. The summed E-state index contributed by atoms with van der Waals surface area (Å²) < 4.78 is 24.5. The van der Waals surface area contributed by atoms with Crippen LogP contribution in [0.2, 0.25) is 0 Å². The second-order valence-corrected chi connectivity index (χ2v) is 6.98. The average Bonchev–Trinajstić information content (AvgIpc) is 2.81. The van der Waals surface area contributed by atoms with E-state index >= 15 is 0 Å². The molecule has 0 atom stereocenters. The highest BCUT2D eigenvalue weighted by molar-refractivity contribution is 7.10. The number of aryl methyl sites for hydroxylation is 1. The predicted molar refractivity (Wildman–Crippen MR) is 86.4 cm³/mol. The summed E-state index contributed by atoms with van der Waals surface area (Å²) in [6.45, 7) is 0.390. The van der Waals surface area contributed by atoms with E-state index in [0.29, 0.717) is 6.54 Å². The molecule has 4 heteroatoms. The maximum absolute atomic E-state index is 12.2. The molecule has 0 radical (unpaired) electrons. The molecule has 1 aliphatic carbocycles. The molecule has 1 aliphatic rings. The van der Waals surface area contributed by atoms with Gasteiger partial charge in [0.15, 0.2) is 0 Å². The number of nitrogens with one attached hydrogen (secondary N) is 1. The third-order valence-corrected chi connectivity index (χ3v) is 5.40. The summed E-state index contributed by atoms with van der Waals surface area (Å²) >= 11 is 1.83. The van der Waals surface area contributed by atoms with Crippen LogP contribution < -0.4 is 5.32 Å². The van der Waals surface area contributed by atoms with E-state index in [0.717, 1.165) is 6.42 Å². The summed E-state index contributed by atoms with van der Waals surface area (Å²) in [4.78, 5) is 1.50. The predicted octanol–water partition coefficient (Wildman–Crippen LogP) is 5.32. The fourth-order valence-electron chi connectivity index (χ4n) is 3.09. The molecule has 2 rings (SSSR count). The summed E-state index contributed by atoms with van der Waals surface area (Å²) in [6, 6.07) is 0. The number of thiophene rings is 1. The Morgan fingerprint density at radius 1 is 0.952 bits per heavy atom. The van der Waals surface area contributed by atoms with Crippen LogP contribution in [-0.4, -0.2) is 13.0 Å². The Balaban J connectivity index is 1.96. The van der Waals surface area contributed by atoms with E-state index in [-0.39, 0.29) is 6.54 Å². The first-order chi connectivity index (χ1) is 10.3. The molecule has 0 spiro atoms. The van der Waals surface area contributed by atoms with Gasteiger partial charge in [0.05, 0.1) is 6.54 Å². The number of hydrogen-bond acceptors (Lipinski definition) is 2. The lowest BCUT2D eigenvalue weighted by atomic mass is 9.98. The van der Waals surface area contributed by atoms with Crippen LogP contribution in [0.5, 0.6) is 0 Å². The second kappa shape index (κ2) is 9.52. The first-order valence-corrected chi connectivity index (χ1v) is 9.22. The molecule has 120 valence electrons. The molecular weight excluding hydrogens is 288 g/mol. The molecule has 1 N–H and O–H groups in total. The van der Waals surface area contributed by atoms with Crippen molar-refractivity contribution in [1.82, 2.24) is 5.32 Å². The monoisotopic (exact) mass is 315 g/mol. The van der Waals surface area contributed by atoms with Gasteiger partial charge in [-0.05, 0) is 42.2 Å². The van der Waals surface area contributed by atoms with Crippen molar-refractivity contribution in [3.63, 3.8) is 0 Å². The highest BCUT2D eigenvalue weighted by Gasteiger charge is 2.12. The molecule has 1 heterocycles. The van der Waals surface area contributed by atoms with Gasteiger partial charge in [-0.2, -0.15) is 0 Å². The van der Waals surface area contributed by atoms with E-state index in [1.54, 1.807) is 0 Å². The zero-order valence-electron chi connectivity index (χ0n) is 12.8. The van der Waals surface area contributed by atoms with Gasteiger partial charge in [0.1, 0.15) is 0 Å². The van der Waals surface area contributed by atoms with Crippen LogP contribution in [0.4, 0.5) is 8.78 Å². The van der Waals surface area contributed by atoms with Crippen molar-refractivity contribution in [1.29, 1.82) is 0 Å².